The van der Waals surface area contributed by atoms with Crippen LogP contribution in [0.1, 0.15) is 59.7 Å². The Morgan fingerprint density at radius 3 is 2.48 bits per heavy atom. The first-order valence-electron chi connectivity index (χ1n) is 7.21. The van der Waals surface area contributed by atoms with E-state index in [2.05, 4.69) is 6.92 Å². The summed E-state index contributed by atoms with van der Waals surface area (Å²) in [5.74, 6) is -0.966. The number of unbranched alkanes of at least 4 members (excludes halogenated alkanes) is 4. The van der Waals surface area contributed by atoms with Crippen molar-refractivity contribution in [1.82, 2.24) is 4.90 Å². The molecule has 1 aromatic rings. The topological polar surface area (TPSA) is 80.5 Å². The van der Waals surface area contributed by atoms with E-state index in [1.807, 2.05) is 0 Å². The second-order valence-electron chi connectivity index (χ2n) is 5.13. The summed E-state index contributed by atoms with van der Waals surface area (Å²) in [5, 5.41) is 11.0. The average Bonchev–Trinajstić information content (AvgIpc) is 2.71. The molecule has 0 unspecified atom stereocenters. The Balaban J connectivity index is 2.11. The summed E-state index contributed by atoms with van der Waals surface area (Å²) in [6.07, 6.45) is 5.01. The number of hydrogen-bond donors (Lipinski definition) is 0. The molecule has 6 nitrogen and oxygen atoms in total. The van der Waals surface area contributed by atoms with Crippen molar-refractivity contribution < 1.29 is 14.5 Å². The quantitative estimate of drug-likeness (QED) is 0.334. The molecule has 0 fully saturated rings. The smallest absolute Gasteiger partial charge is 0.274 e. The molecule has 0 saturated carbocycles. The van der Waals surface area contributed by atoms with Crippen LogP contribution in [-0.4, -0.2) is 28.2 Å². The zero-order valence-corrected chi connectivity index (χ0v) is 12.0. The van der Waals surface area contributed by atoms with Crippen LogP contribution in [0.4, 0.5) is 5.69 Å². The summed E-state index contributed by atoms with van der Waals surface area (Å²) >= 11 is 0. The summed E-state index contributed by atoms with van der Waals surface area (Å²) in [4.78, 5) is 35.9. The third-order valence-electron chi connectivity index (χ3n) is 3.66. The van der Waals surface area contributed by atoms with Gasteiger partial charge in [0.1, 0.15) is 5.56 Å². The van der Waals surface area contributed by atoms with Crippen LogP contribution in [0.15, 0.2) is 18.2 Å². The zero-order valence-electron chi connectivity index (χ0n) is 12.0. The highest BCUT2D eigenvalue weighted by Gasteiger charge is 2.40. The standard InChI is InChI=1S/C15H18N2O4/c1-2-3-4-5-6-10-16-14(18)11-8-7-9-12(17(20)21)13(11)15(16)19/h7-9H,2-6,10H2,1H3. The molecule has 21 heavy (non-hydrogen) atoms. The molecule has 0 atom stereocenters. The number of carbonyl (C=O) groups excluding carboxylic acids is 2. The molecule has 0 radical (unpaired) electrons. The van der Waals surface area contributed by atoms with E-state index in [1.54, 1.807) is 0 Å². The van der Waals surface area contributed by atoms with E-state index < -0.39 is 16.7 Å². The molecule has 1 heterocycles. The molecule has 112 valence electrons. The molecule has 6 heteroatoms. The molecule has 0 saturated heterocycles. The summed E-state index contributed by atoms with van der Waals surface area (Å²) < 4.78 is 0. The first-order valence-corrected chi connectivity index (χ1v) is 7.21. The highest BCUT2D eigenvalue weighted by atomic mass is 16.6. The predicted octanol–water partition coefficient (Wildman–Crippen LogP) is 3.16. The Morgan fingerprint density at radius 1 is 1.10 bits per heavy atom. The zero-order chi connectivity index (χ0) is 15.4. The molecular weight excluding hydrogens is 272 g/mol. The van der Waals surface area contributed by atoms with Gasteiger partial charge in [-0.2, -0.15) is 0 Å². The van der Waals surface area contributed by atoms with Crippen LogP contribution in [0.5, 0.6) is 0 Å². The van der Waals surface area contributed by atoms with Crippen LogP contribution in [0, 0.1) is 10.1 Å². The molecule has 0 aliphatic carbocycles. The van der Waals surface area contributed by atoms with Crippen LogP contribution < -0.4 is 0 Å². The lowest BCUT2D eigenvalue weighted by molar-refractivity contribution is -0.385. The van der Waals surface area contributed by atoms with Crippen molar-refractivity contribution in [3.05, 3.63) is 39.4 Å². The van der Waals surface area contributed by atoms with Gasteiger partial charge < -0.3 is 0 Å². The van der Waals surface area contributed by atoms with E-state index in [0.717, 1.165) is 37.0 Å². The van der Waals surface area contributed by atoms with Gasteiger partial charge in [0.25, 0.3) is 17.5 Å². The number of amides is 2. The van der Waals surface area contributed by atoms with Crippen molar-refractivity contribution in [2.24, 2.45) is 0 Å². The van der Waals surface area contributed by atoms with E-state index in [-0.39, 0.29) is 16.8 Å². The third-order valence-corrected chi connectivity index (χ3v) is 3.66. The number of nitrogens with zero attached hydrogens (tertiary/aromatic N) is 2. The maximum absolute atomic E-state index is 12.3. The number of fused-ring (bicyclic) bond motifs is 1. The maximum atomic E-state index is 12.3. The fourth-order valence-corrected chi connectivity index (χ4v) is 2.54. The molecule has 0 bridgehead atoms. The van der Waals surface area contributed by atoms with Gasteiger partial charge in [0.2, 0.25) is 0 Å². The Hall–Kier alpha value is -2.24. The SMILES string of the molecule is CCCCCCCN1C(=O)c2cccc([N+](=O)[O-])c2C1=O. The molecule has 1 aliphatic rings. The van der Waals surface area contributed by atoms with Crippen LogP contribution in [0.2, 0.25) is 0 Å². The van der Waals surface area contributed by atoms with Gasteiger partial charge in [0, 0.05) is 12.6 Å². The van der Waals surface area contributed by atoms with Crippen molar-refractivity contribution in [1.29, 1.82) is 0 Å². The molecule has 2 rings (SSSR count). The normalized spacial score (nSPS) is 13.7. The molecule has 0 spiro atoms. The molecule has 1 aromatic carbocycles. The Bertz CT molecular complexity index is 583. The lowest BCUT2D eigenvalue weighted by Gasteiger charge is -2.13. The Labute approximate surface area is 122 Å². The first kappa shape index (κ1) is 15.2. The number of hydrogen-bond acceptors (Lipinski definition) is 4. The van der Waals surface area contributed by atoms with Gasteiger partial charge in [-0.1, -0.05) is 38.7 Å². The second-order valence-corrected chi connectivity index (χ2v) is 5.13. The van der Waals surface area contributed by atoms with Crippen molar-refractivity contribution in [2.45, 2.75) is 39.0 Å². The molecule has 0 N–H and O–H groups in total. The van der Waals surface area contributed by atoms with Crippen molar-refractivity contribution in [3.8, 4) is 0 Å². The van der Waals surface area contributed by atoms with E-state index in [1.165, 1.54) is 18.2 Å². The van der Waals surface area contributed by atoms with Gasteiger partial charge in [-0.25, -0.2) is 0 Å². The minimum absolute atomic E-state index is 0.0685. The van der Waals surface area contributed by atoms with Crippen LogP contribution >= 0.6 is 0 Å². The van der Waals surface area contributed by atoms with Gasteiger partial charge in [-0.15, -0.1) is 0 Å². The molecular formula is C15H18N2O4. The molecule has 2 amide bonds. The predicted molar refractivity (Wildman–Crippen MR) is 77.2 cm³/mol. The van der Waals surface area contributed by atoms with Crippen molar-refractivity contribution in [2.75, 3.05) is 6.54 Å². The summed E-state index contributed by atoms with van der Waals surface area (Å²) in [7, 11) is 0. The minimum Gasteiger partial charge on any atom is -0.274 e. The van der Waals surface area contributed by atoms with Gasteiger partial charge >= 0.3 is 0 Å². The number of rotatable bonds is 7. The average molecular weight is 290 g/mol. The van der Waals surface area contributed by atoms with E-state index in [4.69, 9.17) is 0 Å². The summed E-state index contributed by atoms with van der Waals surface area (Å²) in [6, 6.07) is 4.17. The minimum atomic E-state index is -0.616. The number of nitro groups is 1. The Kier molecular flexibility index (Phi) is 4.67. The van der Waals surface area contributed by atoms with Crippen LogP contribution in [0.3, 0.4) is 0 Å². The number of carbonyl (C=O) groups is 2. The van der Waals surface area contributed by atoms with Gasteiger partial charge in [0.05, 0.1) is 10.5 Å². The van der Waals surface area contributed by atoms with Gasteiger partial charge in [-0.05, 0) is 12.5 Å². The highest BCUT2D eigenvalue weighted by Crippen LogP contribution is 2.30. The lowest BCUT2D eigenvalue weighted by atomic mass is 10.1. The fourth-order valence-electron chi connectivity index (χ4n) is 2.54. The monoisotopic (exact) mass is 290 g/mol. The third kappa shape index (κ3) is 2.94. The Morgan fingerprint density at radius 2 is 1.81 bits per heavy atom. The number of nitro benzene ring substituents is 1. The lowest BCUT2D eigenvalue weighted by Crippen LogP contribution is -2.30. The van der Waals surface area contributed by atoms with Gasteiger partial charge in [0.15, 0.2) is 0 Å². The van der Waals surface area contributed by atoms with Crippen molar-refractivity contribution >= 4 is 17.5 Å². The highest BCUT2D eigenvalue weighted by molar-refractivity contribution is 6.23. The second kappa shape index (κ2) is 6.47. The molecule has 1 aliphatic heterocycles. The van der Waals surface area contributed by atoms with E-state index in [0.29, 0.717) is 6.54 Å². The first-order chi connectivity index (χ1) is 10.1. The molecule has 0 aromatic heterocycles. The summed E-state index contributed by atoms with van der Waals surface area (Å²) in [5.41, 5.74) is -0.219. The maximum Gasteiger partial charge on any atom is 0.282 e. The van der Waals surface area contributed by atoms with E-state index in [9.17, 15) is 19.7 Å². The summed E-state index contributed by atoms with van der Waals surface area (Å²) in [6.45, 7) is 2.44. The van der Waals surface area contributed by atoms with E-state index >= 15 is 0 Å². The van der Waals surface area contributed by atoms with Crippen LogP contribution in [0.25, 0.3) is 0 Å². The number of benzene rings is 1. The van der Waals surface area contributed by atoms with Crippen LogP contribution in [-0.2, 0) is 0 Å². The number of imide groups is 1. The van der Waals surface area contributed by atoms with Gasteiger partial charge in [-0.3, -0.25) is 24.6 Å². The van der Waals surface area contributed by atoms with Crippen molar-refractivity contribution in [3.63, 3.8) is 0 Å². The fraction of sp³-hybridized carbons (Fsp3) is 0.467. The largest absolute Gasteiger partial charge is 0.282 e.